The van der Waals surface area contributed by atoms with E-state index in [2.05, 4.69) is 54.9 Å². The molecule has 106 valence electrons. The van der Waals surface area contributed by atoms with Crippen LogP contribution in [-0.2, 0) is 20.4 Å². The maximum absolute atomic E-state index is 6.18. The number of hydrogen-bond donors (Lipinski definition) is 0. The molecule has 0 radical (unpaired) electrons. The first-order valence-electron chi connectivity index (χ1n) is 6.98. The molecule has 1 heterocycles. The summed E-state index contributed by atoms with van der Waals surface area (Å²) in [6.07, 6.45) is 3.29. The summed E-state index contributed by atoms with van der Waals surface area (Å²) in [7, 11) is 0. The Hall–Kier alpha value is -0.380. The second kappa shape index (κ2) is 6.38. The topological polar surface area (TPSA) is 18.5 Å². The Morgan fingerprint density at radius 1 is 1.32 bits per heavy atom. The van der Waals surface area contributed by atoms with Crippen molar-refractivity contribution in [1.82, 2.24) is 0 Å². The molecule has 2 nitrogen and oxygen atoms in total. The van der Waals surface area contributed by atoms with Crippen LogP contribution in [0.1, 0.15) is 49.8 Å². The van der Waals surface area contributed by atoms with E-state index in [1.165, 1.54) is 23.1 Å². The largest absolute Gasteiger partial charge is 0.353 e. The molecule has 2 rings (SSSR count). The molecular weight excluding hydrogens is 304 g/mol. The minimum Gasteiger partial charge on any atom is -0.353 e. The van der Waals surface area contributed by atoms with Crippen LogP contribution in [0.4, 0.5) is 0 Å². The Labute approximate surface area is 124 Å². The second-order valence-electron chi connectivity index (χ2n) is 5.77. The summed E-state index contributed by atoms with van der Waals surface area (Å²) in [4.78, 5) is 0. The van der Waals surface area contributed by atoms with Crippen LogP contribution in [0.2, 0.25) is 0 Å². The van der Waals surface area contributed by atoms with Crippen LogP contribution in [-0.4, -0.2) is 12.9 Å². The van der Waals surface area contributed by atoms with Gasteiger partial charge in [-0.2, -0.15) is 0 Å². The third kappa shape index (κ3) is 4.04. The lowest BCUT2D eigenvalue weighted by atomic mass is 9.94. The van der Waals surface area contributed by atoms with Crippen molar-refractivity contribution < 1.29 is 9.47 Å². The summed E-state index contributed by atoms with van der Waals surface area (Å²) in [5, 5.41) is 0.873. The summed E-state index contributed by atoms with van der Waals surface area (Å²) < 4.78 is 11.9. The molecule has 0 aliphatic carbocycles. The molecule has 1 aliphatic heterocycles. The van der Waals surface area contributed by atoms with Gasteiger partial charge in [0.1, 0.15) is 0 Å². The van der Waals surface area contributed by atoms with E-state index in [0.29, 0.717) is 0 Å². The van der Waals surface area contributed by atoms with Crippen molar-refractivity contribution in [2.24, 2.45) is 0 Å². The van der Waals surface area contributed by atoms with Crippen LogP contribution in [0.15, 0.2) is 18.2 Å². The van der Waals surface area contributed by atoms with Crippen LogP contribution >= 0.6 is 15.9 Å². The third-order valence-corrected chi connectivity index (χ3v) is 4.20. The van der Waals surface area contributed by atoms with Crippen molar-refractivity contribution in [1.29, 1.82) is 0 Å². The highest BCUT2D eigenvalue weighted by Crippen LogP contribution is 2.31. The number of alkyl halides is 1. The Morgan fingerprint density at radius 2 is 2.11 bits per heavy atom. The molecule has 0 spiro atoms. The lowest BCUT2D eigenvalue weighted by Crippen LogP contribution is -2.32. The summed E-state index contributed by atoms with van der Waals surface area (Å²) in [5.74, 6) is 0. The predicted molar refractivity (Wildman–Crippen MR) is 81.5 cm³/mol. The van der Waals surface area contributed by atoms with Gasteiger partial charge in [-0.1, -0.05) is 39.7 Å². The number of aryl methyl sites for hydroxylation is 1. The van der Waals surface area contributed by atoms with Gasteiger partial charge in [-0.3, -0.25) is 0 Å². The fraction of sp³-hybridized carbons (Fsp3) is 0.625. The fourth-order valence-electron chi connectivity index (χ4n) is 2.49. The van der Waals surface area contributed by atoms with E-state index < -0.39 is 0 Å². The van der Waals surface area contributed by atoms with E-state index in [4.69, 9.17) is 9.47 Å². The molecule has 3 heteroatoms. The Kier molecular flexibility index (Phi) is 5.04. The zero-order chi connectivity index (χ0) is 13.9. The highest BCUT2D eigenvalue weighted by molar-refractivity contribution is 9.08. The molecule has 0 N–H and O–H groups in total. The first kappa shape index (κ1) is 15.0. The average Bonchev–Trinajstić information content (AvgIpc) is 2.38. The van der Waals surface area contributed by atoms with Crippen molar-refractivity contribution in [2.45, 2.75) is 57.3 Å². The SMILES string of the molecule is Cc1cc(CBr)cc(C(C)(C)OC2CCCCO2)c1. The molecule has 0 amide bonds. The van der Waals surface area contributed by atoms with Gasteiger partial charge in [-0.15, -0.1) is 0 Å². The average molecular weight is 327 g/mol. The van der Waals surface area contributed by atoms with Crippen molar-refractivity contribution in [3.05, 3.63) is 34.9 Å². The fourth-order valence-corrected chi connectivity index (χ4v) is 2.81. The van der Waals surface area contributed by atoms with Crippen molar-refractivity contribution in [3.63, 3.8) is 0 Å². The minimum atomic E-state index is -0.315. The molecule has 1 saturated heterocycles. The van der Waals surface area contributed by atoms with Gasteiger partial charge in [0.05, 0.1) is 5.60 Å². The number of rotatable bonds is 4. The first-order valence-corrected chi connectivity index (χ1v) is 8.10. The van der Waals surface area contributed by atoms with Gasteiger partial charge in [0.15, 0.2) is 6.29 Å². The van der Waals surface area contributed by atoms with Gasteiger partial charge >= 0.3 is 0 Å². The molecule has 1 unspecified atom stereocenters. The van der Waals surface area contributed by atoms with E-state index in [-0.39, 0.29) is 11.9 Å². The quantitative estimate of drug-likeness (QED) is 0.748. The monoisotopic (exact) mass is 326 g/mol. The summed E-state index contributed by atoms with van der Waals surface area (Å²) >= 11 is 3.53. The first-order chi connectivity index (χ1) is 9.01. The van der Waals surface area contributed by atoms with E-state index in [9.17, 15) is 0 Å². The summed E-state index contributed by atoms with van der Waals surface area (Å²) in [6.45, 7) is 7.19. The summed E-state index contributed by atoms with van der Waals surface area (Å²) in [6, 6.07) is 6.62. The maximum Gasteiger partial charge on any atom is 0.158 e. The van der Waals surface area contributed by atoms with Crippen LogP contribution in [0, 0.1) is 6.92 Å². The van der Waals surface area contributed by atoms with E-state index in [0.717, 1.165) is 24.8 Å². The number of halogens is 1. The van der Waals surface area contributed by atoms with Crippen molar-refractivity contribution >= 4 is 15.9 Å². The maximum atomic E-state index is 6.18. The summed E-state index contributed by atoms with van der Waals surface area (Å²) in [5.41, 5.74) is 3.46. The van der Waals surface area contributed by atoms with E-state index in [1.807, 2.05) is 0 Å². The highest BCUT2D eigenvalue weighted by Gasteiger charge is 2.27. The van der Waals surface area contributed by atoms with Gasteiger partial charge in [0.2, 0.25) is 0 Å². The van der Waals surface area contributed by atoms with Crippen LogP contribution < -0.4 is 0 Å². The normalized spacial score (nSPS) is 20.5. The molecule has 1 aromatic rings. The molecule has 1 fully saturated rings. The molecule has 1 atom stereocenters. The van der Waals surface area contributed by atoms with Crippen LogP contribution in [0.25, 0.3) is 0 Å². The molecule has 0 aromatic heterocycles. The molecule has 0 saturated carbocycles. The lowest BCUT2D eigenvalue weighted by molar-refractivity contribution is -0.219. The third-order valence-electron chi connectivity index (χ3n) is 3.55. The van der Waals surface area contributed by atoms with E-state index >= 15 is 0 Å². The smallest absolute Gasteiger partial charge is 0.158 e. The van der Waals surface area contributed by atoms with Gasteiger partial charge in [-0.25, -0.2) is 0 Å². The molecular formula is C16H23BrO2. The predicted octanol–water partition coefficient (Wildman–Crippen LogP) is 4.67. The Balaban J connectivity index is 2.15. The molecule has 19 heavy (non-hydrogen) atoms. The lowest BCUT2D eigenvalue weighted by Gasteiger charge is -2.33. The molecule has 1 aliphatic rings. The van der Waals surface area contributed by atoms with Crippen molar-refractivity contribution in [3.8, 4) is 0 Å². The highest BCUT2D eigenvalue weighted by atomic mass is 79.9. The minimum absolute atomic E-state index is 0.0586. The second-order valence-corrected chi connectivity index (χ2v) is 6.33. The number of hydrogen-bond acceptors (Lipinski definition) is 2. The van der Waals surface area contributed by atoms with Gasteiger partial charge < -0.3 is 9.47 Å². The Bertz CT molecular complexity index is 423. The molecule has 1 aromatic carbocycles. The number of benzene rings is 1. The van der Waals surface area contributed by atoms with Gasteiger partial charge in [0.25, 0.3) is 0 Å². The van der Waals surface area contributed by atoms with Crippen molar-refractivity contribution in [2.75, 3.05) is 6.61 Å². The van der Waals surface area contributed by atoms with Crippen LogP contribution in [0.3, 0.4) is 0 Å². The standard InChI is InChI=1S/C16H23BrO2/c1-12-8-13(11-17)10-14(9-12)16(2,3)19-15-6-4-5-7-18-15/h8-10,15H,4-7,11H2,1-3H3. The zero-order valence-electron chi connectivity index (χ0n) is 12.0. The van der Waals surface area contributed by atoms with Gasteiger partial charge in [0, 0.05) is 11.9 Å². The van der Waals surface area contributed by atoms with Crippen LogP contribution in [0.5, 0.6) is 0 Å². The van der Waals surface area contributed by atoms with Gasteiger partial charge in [-0.05, 0) is 51.2 Å². The Morgan fingerprint density at radius 3 is 2.74 bits per heavy atom. The molecule has 0 bridgehead atoms. The van der Waals surface area contributed by atoms with E-state index in [1.54, 1.807) is 0 Å². The zero-order valence-corrected chi connectivity index (χ0v) is 13.6. The number of ether oxygens (including phenoxy) is 2.